The van der Waals surface area contributed by atoms with E-state index in [9.17, 15) is 8.22 Å². The number of para-hydroxylation sites is 3. The molecular weight excluding hydrogens is 1340 g/mol. The summed E-state index contributed by atoms with van der Waals surface area (Å²) in [5.41, 5.74) is 11.7. The van der Waals surface area contributed by atoms with Gasteiger partial charge < -0.3 is 18.4 Å². The fraction of sp³-hybridized carbons (Fsp3) is 0.182. The summed E-state index contributed by atoms with van der Waals surface area (Å²) < 4.78 is 127. The Morgan fingerprint density at radius 1 is 0.484 bits per heavy atom. The molecule has 6 nitrogen and oxygen atoms in total. The minimum Gasteiger partial charge on any atom is -0.510 e. The molecule has 0 fully saturated rings. The van der Waals surface area contributed by atoms with Crippen LogP contribution in [0.5, 0.6) is 11.5 Å². The Kier molecular flexibility index (Phi) is 11.2. The Hall–Kier alpha value is -9.87. The molecule has 0 atom stereocenters. The second-order valence-corrected chi connectivity index (χ2v) is 27.7. The van der Waals surface area contributed by atoms with Crippen LogP contribution in [0.4, 0.5) is 0 Å². The van der Waals surface area contributed by atoms with Crippen molar-refractivity contribution in [3.05, 3.63) is 276 Å². The number of aryl methyl sites for hydroxylation is 4. The van der Waals surface area contributed by atoms with Crippen molar-refractivity contribution in [2.75, 3.05) is 0 Å². The summed E-state index contributed by atoms with van der Waals surface area (Å²) in [7, 11) is 0. The van der Waals surface area contributed by atoms with Gasteiger partial charge in [0.1, 0.15) is 5.82 Å². The molecule has 0 saturated carbocycles. The van der Waals surface area contributed by atoms with E-state index in [2.05, 4.69) is 155 Å². The summed E-state index contributed by atoms with van der Waals surface area (Å²) >= 11 is 0. The maximum Gasteiger partial charge on any atom is 0.268 e. The smallest absolute Gasteiger partial charge is 0.268 e. The van der Waals surface area contributed by atoms with Crippen molar-refractivity contribution in [3.63, 3.8) is 0 Å². The molecule has 15 aromatic rings. The van der Waals surface area contributed by atoms with Gasteiger partial charge in [-0.2, -0.15) is 18.2 Å². The van der Waals surface area contributed by atoms with E-state index in [4.69, 9.17) is 17.9 Å². The van der Waals surface area contributed by atoms with E-state index in [0.717, 1.165) is 107 Å². The zero-order valence-electron chi connectivity index (χ0n) is 65.7. The molecule has 0 bridgehead atoms. The van der Waals surface area contributed by atoms with Crippen molar-refractivity contribution in [2.45, 2.75) is 105 Å². The molecule has 11 aromatic carbocycles. The first-order chi connectivity index (χ1) is 50.2. The quantitative estimate of drug-likeness (QED) is 0.118. The SMILES string of the molecule is [2H]C([2H])([2H])c1cccc(C([2H])([2H])[2H])c1-c1cc2c(c(-c3c(C([2H])([2H])[2H])cccc3C([2H])([2H])[2H])c1)-[n+]1[c-]n(-c3[c-]c(Oc4[c-]c5c(cc4)c4ccccc4n5-c4cc(C(C)(C)C)ccn4)ccc3)c3cc(-n4c5ccccc5c5ccccc54)cc(c31)-c1ccccc1-c1cc3c(cc1-2)C(C)(C)CCC3(C)C.[Pt]. The molecule has 5 heterocycles. The van der Waals surface area contributed by atoms with Crippen LogP contribution in [0.15, 0.2) is 219 Å². The fourth-order valence-corrected chi connectivity index (χ4v) is 15.2. The van der Waals surface area contributed by atoms with Gasteiger partial charge in [0.25, 0.3) is 6.33 Å². The van der Waals surface area contributed by atoms with Gasteiger partial charge in [0, 0.05) is 77.2 Å². The van der Waals surface area contributed by atoms with Crippen LogP contribution < -0.4 is 9.30 Å². The van der Waals surface area contributed by atoms with Crippen molar-refractivity contribution in [2.24, 2.45) is 0 Å². The van der Waals surface area contributed by atoms with Crippen LogP contribution in [0, 0.1) is 45.9 Å². The molecule has 2 aliphatic rings. The molecule has 0 unspecified atom stereocenters. The number of ether oxygens (including phenoxy) is 1. The van der Waals surface area contributed by atoms with E-state index in [1.807, 2.05) is 106 Å². The number of benzene rings is 11. The predicted octanol–water partition coefficient (Wildman–Crippen LogP) is 22.2. The Morgan fingerprint density at radius 3 is 1.66 bits per heavy atom. The standard InChI is InChI=1S/C88H73N5O.Pt/c1-53-23-20-24-54(2)82(53)57-43-71-70-51-75-74(87(8,9)40-41-88(75,10)11)50-69(70)63-29-12-13-30-64(63)72-47-60(92-76-34-17-14-31-65(76)66-32-15-18-35-77(66)92)48-80-85(72)91(84(71)73(44-57)83-55(3)25-21-26-56(83)4)52-90(80)59-27-22-28-61(46-59)94-62-37-38-68-67-33-16-19-36-78(67)93(79(68)49-62)81-45-58(39-42-89-81)86(5,6)7;/h12-39,42-45,47-48,50-51H,40-41H2,1-11H3;/q-2;/i1D3,2D3,3D3,4D3;. The third-order valence-electron chi connectivity index (χ3n) is 20.0. The van der Waals surface area contributed by atoms with Gasteiger partial charge in [-0.3, -0.25) is 4.57 Å². The minimum absolute atomic E-state index is 0. The van der Waals surface area contributed by atoms with Crippen molar-refractivity contribution in [1.29, 1.82) is 0 Å². The van der Waals surface area contributed by atoms with Gasteiger partial charge in [0.05, 0.1) is 27.8 Å². The largest absolute Gasteiger partial charge is 0.510 e. The number of pyridine rings is 1. The molecule has 1 aliphatic carbocycles. The van der Waals surface area contributed by atoms with E-state index in [0.29, 0.717) is 39.3 Å². The second-order valence-electron chi connectivity index (χ2n) is 27.7. The van der Waals surface area contributed by atoms with E-state index in [1.54, 1.807) is 6.07 Å². The van der Waals surface area contributed by atoms with Gasteiger partial charge in [0.2, 0.25) is 0 Å². The Bertz CT molecular complexity index is 6080. The number of fused-ring (bicyclic) bond motifs is 14. The van der Waals surface area contributed by atoms with Gasteiger partial charge in [-0.25, -0.2) is 4.98 Å². The van der Waals surface area contributed by atoms with Crippen LogP contribution in [0.25, 0.3) is 133 Å². The molecule has 0 amide bonds. The van der Waals surface area contributed by atoms with Crippen LogP contribution >= 0.6 is 0 Å². The van der Waals surface area contributed by atoms with Crippen LogP contribution in [-0.4, -0.2) is 18.7 Å². The summed E-state index contributed by atoms with van der Waals surface area (Å²) in [4.78, 5) is 4.92. The maximum absolute atomic E-state index is 9.41. The minimum atomic E-state index is -2.96. The first-order valence-electron chi connectivity index (χ1n) is 38.1. The normalized spacial score (nSPS) is 16.2. The van der Waals surface area contributed by atoms with E-state index < -0.39 is 32.8 Å². The van der Waals surface area contributed by atoms with Crippen molar-refractivity contribution in [1.82, 2.24) is 18.7 Å². The van der Waals surface area contributed by atoms with Gasteiger partial charge in [0.15, 0.2) is 0 Å². The first-order valence-corrected chi connectivity index (χ1v) is 32.1. The molecular formula is C88H73N5OPt-2. The van der Waals surface area contributed by atoms with Gasteiger partial charge in [-0.05, 0) is 223 Å². The van der Waals surface area contributed by atoms with E-state index in [-0.39, 0.29) is 82.1 Å². The number of hydrogen-bond donors (Lipinski definition) is 0. The van der Waals surface area contributed by atoms with Crippen molar-refractivity contribution in [3.8, 4) is 90.0 Å². The van der Waals surface area contributed by atoms with E-state index in [1.165, 1.54) is 36.4 Å². The molecule has 0 saturated heterocycles. The number of imidazole rings is 1. The van der Waals surface area contributed by atoms with Gasteiger partial charge >= 0.3 is 0 Å². The van der Waals surface area contributed by atoms with Crippen LogP contribution in [-0.2, 0) is 37.3 Å². The molecule has 0 N–H and O–H groups in total. The Morgan fingerprint density at radius 2 is 1.03 bits per heavy atom. The topological polar surface area (TPSA) is 40.8 Å². The summed E-state index contributed by atoms with van der Waals surface area (Å²) in [5.74, 6) is 1.47. The van der Waals surface area contributed by atoms with E-state index >= 15 is 0 Å². The molecule has 1 aliphatic heterocycles. The fourth-order valence-electron chi connectivity index (χ4n) is 15.2. The average Bonchev–Trinajstić information content (AvgIpc) is 1.62. The number of hydrogen-bond acceptors (Lipinski definition) is 2. The number of aromatic nitrogens is 5. The monoisotopic (exact) mass is 1420 g/mol. The molecule has 17 rings (SSSR count). The number of nitrogens with zero attached hydrogens (tertiary/aromatic N) is 5. The zero-order valence-corrected chi connectivity index (χ0v) is 55.9. The zero-order chi connectivity index (χ0) is 74.3. The predicted molar refractivity (Wildman–Crippen MR) is 388 cm³/mol. The Labute approximate surface area is 587 Å². The third-order valence-corrected chi connectivity index (χ3v) is 20.0. The summed E-state index contributed by atoms with van der Waals surface area (Å²) in [5, 5.41) is 4.06. The molecule has 468 valence electrons. The molecule has 4 aromatic heterocycles. The van der Waals surface area contributed by atoms with Gasteiger partial charge in [-0.15, -0.1) is 29.7 Å². The number of rotatable bonds is 7. The van der Waals surface area contributed by atoms with Gasteiger partial charge in [-0.1, -0.05) is 175 Å². The average molecular weight is 1420 g/mol. The molecule has 95 heavy (non-hydrogen) atoms. The summed E-state index contributed by atoms with van der Waals surface area (Å²) in [6.07, 6.45) is 7.43. The third kappa shape index (κ3) is 9.52. The summed E-state index contributed by atoms with van der Waals surface area (Å²) in [6, 6.07) is 74.9. The van der Waals surface area contributed by atoms with Crippen LogP contribution in [0.2, 0.25) is 0 Å². The second kappa shape index (κ2) is 22.1. The van der Waals surface area contributed by atoms with Crippen molar-refractivity contribution >= 4 is 54.6 Å². The maximum atomic E-state index is 9.41. The Balaban J connectivity index is 0.00000876. The molecule has 7 heteroatoms. The summed E-state index contributed by atoms with van der Waals surface area (Å²) in [6.45, 7) is 3.83. The molecule has 0 spiro atoms. The van der Waals surface area contributed by atoms with Crippen LogP contribution in [0.1, 0.15) is 117 Å². The van der Waals surface area contributed by atoms with Crippen molar-refractivity contribution < 1.29 is 46.8 Å². The first kappa shape index (κ1) is 47.9. The van der Waals surface area contributed by atoms with Crippen LogP contribution in [0.3, 0.4) is 0 Å². The molecule has 0 radical (unpaired) electrons.